The maximum atomic E-state index is 13.1. The number of hydrogen-bond acceptors (Lipinski definition) is 3. The van der Waals surface area contributed by atoms with Gasteiger partial charge in [-0.05, 0) is 25.0 Å². The Balaban J connectivity index is 3.44. The molecule has 1 aromatic rings. The highest BCUT2D eigenvalue weighted by Crippen LogP contribution is 2.43. The zero-order valence-electron chi connectivity index (χ0n) is 10.5. The van der Waals surface area contributed by atoms with E-state index in [1.54, 1.807) is 6.92 Å². The Labute approximate surface area is 104 Å². The van der Waals surface area contributed by atoms with Crippen LogP contribution in [0.1, 0.15) is 18.1 Å². The summed E-state index contributed by atoms with van der Waals surface area (Å²) in [7, 11) is 2.48. The Bertz CT molecular complexity index is 417. The smallest absolute Gasteiger partial charge is 0.420 e. The number of halogens is 3. The average Bonchev–Trinajstić information content (AvgIpc) is 2.25. The number of ether oxygens (including phenoxy) is 2. The first-order valence-corrected chi connectivity index (χ1v) is 5.37. The first-order valence-electron chi connectivity index (χ1n) is 5.37. The topological polar surface area (TPSA) is 44.5 Å². The van der Waals surface area contributed by atoms with Gasteiger partial charge in [0.1, 0.15) is 5.56 Å². The molecule has 3 nitrogen and oxygen atoms in total. The first kappa shape index (κ1) is 14.6. The fourth-order valence-corrected chi connectivity index (χ4v) is 1.80. The molecule has 1 unspecified atom stereocenters. The van der Waals surface area contributed by atoms with Gasteiger partial charge in [-0.25, -0.2) is 0 Å². The third-order valence-corrected chi connectivity index (χ3v) is 2.46. The van der Waals surface area contributed by atoms with Crippen molar-refractivity contribution in [2.45, 2.75) is 25.6 Å². The molecule has 0 aliphatic rings. The lowest BCUT2D eigenvalue weighted by molar-refractivity contribution is -0.139. The van der Waals surface area contributed by atoms with E-state index in [1.165, 1.54) is 26.4 Å². The quantitative estimate of drug-likeness (QED) is 0.908. The summed E-state index contributed by atoms with van der Waals surface area (Å²) in [5.74, 6) is -0.249. The second kappa shape index (κ2) is 5.48. The van der Waals surface area contributed by atoms with Gasteiger partial charge in [-0.2, -0.15) is 13.2 Å². The Morgan fingerprint density at radius 3 is 2.22 bits per heavy atom. The molecular weight excluding hydrogens is 247 g/mol. The highest BCUT2D eigenvalue weighted by atomic mass is 19.4. The minimum atomic E-state index is -4.51. The number of benzene rings is 1. The van der Waals surface area contributed by atoms with E-state index in [2.05, 4.69) is 0 Å². The van der Waals surface area contributed by atoms with Crippen LogP contribution in [0.15, 0.2) is 12.1 Å². The summed E-state index contributed by atoms with van der Waals surface area (Å²) in [5, 5.41) is 0. The largest absolute Gasteiger partial charge is 0.493 e. The summed E-state index contributed by atoms with van der Waals surface area (Å²) >= 11 is 0. The lowest BCUT2D eigenvalue weighted by atomic mass is 9.99. The molecule has 102 valence electrons. The van der Waals surface area contributed by atoms with Gasteiger partial charge in [0.25, 0.3) is 0 Å². The molecule has 1 rings (SSSR count). The maximum absolute atomic E-state index is 13.1. The molecule has 0 bridgehead atoms. The molecule has 0 spiro atoms. The SMILES string of the molecule is COc1ccc(CC(C)N)c(C(F)(F)F)c1OC. The van der Waals surface area contributed by atoms with Gasteiger partial charge < -0.3 is 15.2 Å². The van der Waals surface area contributed by atoms with Crippen LogP contribution in [0.4, 0.5) is 13.2 Å². The van der Waals surface area contributed by atoms with Gasteiger partial charge in [0.2, 0.25) is 0 Å². The molecule has 0 fully saturated rings. The maximum Gasteiger partial charge on any atom is 0.420 e. The van der Waals surface area contributed by atoms with Crippen LogP contribution in [-0.4, -0.2) is 20.3 Å². The Morgan fingerprint density at radius 1 is 1.22 bits per heavy atom. The molecular formula is C12H16F3NO2. The first-order chi connectivity index (χ1) is 8.31. The molecule has 1 atom stereocenters. The minimum Gasteiger partial charge on any atom is -0.493 e. The van der Waals surface area contributed by atoms with Gasteiger partial charge in [0, 0.05) is 6.04 Å². The van der Waals surface area contributed by atoms with Crippen molar-refractivity contribution in [2.75, 3.05) is 14.2 Å². The molecule has 6 heteroatoms. The number of rotatable bonds is 4. The van der Waals surface area contributed by atoms with Crippen LogP contribution in [-0.2, 0) is 12.6 Å². The van der Waals surface area contributed by atoms with Crippen LogP contribution in [0, 0.1) is 0 Å². The Morgan fingerprint density at radius 2 is 1.83 bits per heavy atom. The van der Waals surface area contributed by atoms with Crippen molar-refractivity contribution >= 4 is 0 Å². The van der Waals surface area contributed by atoms with E-state index in [0.717, 1.165) is 0 Å². The molecule has 0 aliphatic heterocycles. The highest BCUT2D eigenvalue weighted by Gasteiger charge is 2.38. The highest BCUT2D eigenvalue weighted by molar-refractivity contribution is 5.52. The van der Waals surface area contributed by atoms with Crippen LogP contribution in [0.5, 0.6) is 11.5 Å². The molecule has 2 N–H and O–H groups in total. The van der Waals surface area contributed by atoms with Gasteiger partial charge in [0.15, 0.2) is 11.5 Å². The van der Waals surface area contributed by atoms with E-state index in [4.69, 9.17) is 15.2 Å². The predicted molar refractivity (Wildman–Crippen MR) is 61.9 cm³/mol. The van der Waals surface area contributed by atoms with Gasteiger partial charge in [-0.15, -0.1) is 0 Å². The monoisotopic (exact) mass is 263 g/mol. The molecule has 0 aliphatic carbocycles. The van der Waals surface area contributed by atoms with Crippen molar-refractivity contribution in [1.82, 2.24) is 0 Å². The van der Waals surface area contributed by atoms with E-state index in [9.17, 15) is 13.2 Å². The number of alkyl halides is 3. The van der Waals surface area contributed by atoms with Crippen molar-refractivity contribution in [2.24, 2.45) is 5.73 Å². The standard InChI is InChI=1S/C12H16F3NO2/c1-7(16)6-8-4-5-9(17-2)11(18-3)10(8)12(13,14)15/h4-5,7H,6,16H2,1-3H3. The molecule has 0 heterocycles. The molecule has 0 radical (unpaired) electrons. The van der Waals surface area contributed by atoms with Crippen LogP contribution >= 0.6 is 0 Å². The van der Waals surface area contributed by atoms with Crippen LogP contribution < -0.4 is 15.2 Å². The van der Waals surface area contributed by atoms with Crippen LogP contribution in [0.2, 0.25) is 0 Å². The van der Waals surface area contributed by atoms with E-state index in [0.29, 0.717) is 0 Å². The molecule has 18 heavy (non-hydrogen) atoms. The second-order valence-electron chi connectivity index (χ2n) is 4.01. The third-order valence-electron chi connectivity index (χ3n) is 2.46. The average molecular weight is 263 g/mol. The van der Waals surface area contributed by atoms with Crippen molar-refractivity contribution in [3.05, 3.63) is 23.3 Å². The van der Waals surface area contributed by atoms with Crippen molar-refractivity contribution in [1.29, 1.82) is 0 Å². The van der Waals surface area contributed by atoms with Crippen LogP contribution in [0.3, 0.4) is 0 Å². The number of nitrogens with two attached hydrogens (primary N) is 1. The van der Waals surface area contributed by atoms with E-state index in [-0.39, 0.29) is 29.5 Å². The van der Waals surface area contributed by atoms with Crippen molar-refractivity contribution in [3.63, 3.8) is 0 Å². The van der Waals surface area contributed by atoms with Gasteiger partial charge in [-0.1, -0.05) is 6.07 Å². The lowest BCUT2D eigenvalue weighted by Gasteiger charge is -2.19. The Hall–Kier alpha value is -1.43. The summed E-state index contributed by atoms with van der Waals surface area (Å²) in [6.07, 6.45) is -4.39. The number of hydrogen-bond donors (Lipinski definition) is 1. The fraction of sp³-hybridized carbons (Fsp3) is 0.500. The lowest BCUT2D eigenvalue weighted by Crippen LogP contribution is -2.21. The molecule has 0 amide bonds. The summed E-state index contributed by atoms with van der Waals surface area (Å²) in [5.41, 5.74) is 4.85. The Kier molecular flexibility index (Phi) is 4.45. The van der Waals surface area contributed by atoms with Gasteiger partial charge >= 0.3 is 6.18 Å². The molecule has 0 saturated carbocycles. The predicted octanol–water partition coefficient (Wildman–Crippen LogP) is 2.61. The molecule has 0 saturated heterocycles. The summed E-state index contributed by atoms with van der Waals surface area (Å²) in [6, 6.07) is 2.45. The normalized spacial score (nSPS) is 13.3. The number of methoxy groups -OCH3 is 2. The van der Waals surface area contributed by atoms with E-state index >= 15 is 0 Å². The second-order valence-corrected chi connectivity index (χ2v) is 4.01. The van der Waals surface area contributed by atoms with Gasteiger partial charge in [0.05, 0.1) is 14.2 Å². The fourth-order valence-electron chi connectivity index (χ4n) is 1.80. The molecule has 1 aromatic carbocycles. The zero-order valence-corrected chi connectivity index (χ0v) is 10.5. The van der Waals surface area contributed by atoms with Crippen molar-refractivity contribution < 1.29 is 22.6 Å². The summed E-state index contributed by atoms with van der Waals surface area (Å²) in [4.78, 5) is 0. The minimum absolute atomic E-state index is 0.0539. The zero-order chi connectivity index (χ0) is 13.9. The summed E-state index contributed by atoms with van der Waals surface area (Å²) in [6.45, 7) is 1.65. The van der Waals surface area contributed by atoms with Gasteiger partial charge in [-0.3, -0.25) is 0 Å². The van der Waals surface area contributed by atoms with E-state index < -0.39 is 11.7 Å². The van der Waals surface area contributed by atoms with Crippen molar-refractivity contribution in [3.8, 4) is 11.5 Å². The third kappa shape index (κ3) is 3.07. The summed E-state index contributed by atoms with van der Waals surface area (Å²) < 4.78 is 49.0. The molecule has 0 aromatic heterocycles. The van der Waals surface area contributed by atoms with E-state index in [1.807, 2.05) is 0 Å². The van der Waals surface area contributed by atoms with Crippen LogP contribution in [0.25, 0.3) is 0 Å².